The second-order valence-corrected chi connectivity index (χ2v) is 3.15. The molecule has 2 atom stereocenters. The van der Waals surface area contributed by atoms with Crippen LogP contribution in [-0.4, -0.2) is 24.0 Å². The average Bonchev–Trinajstić information content (AvgIpc) is 2.02. The quantitative estimate of drug-likeness (QED) is 0.559. The molecule has 11 heavy (non-hydrogen) atoms. The monoisotopic (exact) mass is 153 g/mol. The number of terminal acetylenes is 1. The Labute approximate surface area is 70.8 Å². The van der Waals surface area contributed by atoms with E-state index in [0.29, 0.717) is 6.04 Å². The van der Waals surface area contributed by atoms with E-state index >= 15 is 0 Å². The fraction of sp³-hybridized carbons (Fsp3) is 0.800. The van der Waals surface area contributed by atoms with E-state index in [1.807, 2.05) is 0 Å². The molecule has 1 nitrogen and oxygen atoms in total. The van der Waals surface area contributed by atoms with Crippen LogP contribution in [-0.2, 0) is 0 Å². The van der Waals surface area contributed by atoms with Crippen LogP contribution < -0.4 is 0 Å². The second kappa shape index (κ2) is 5.21. The molecule has 0 saturated carbocycles. The van der Waals surface area contributed by atoms with Gasteiger partial charge in [-0.2, -0.15) is 0 Å². The third kappa shape index (κ3) is 3.43. The highest BCUT2D eigenvalue weighted by Gasteiger charge is 2.11. The van der Waals surface area contributed by atoms with Gasteiger partial charge >= 0.3 is 0 Å². The predicted molar refractivity (Wildman–Crippen MR) is 50.4 cm³/mol. The summed E-state index contributed by atoms with van der Waals surface area (Å²) in [5.74, 6) is 2.73. The molecule has 0 saturated heterocycles. The Kier molecular flexibility index (Phi) is 4.98. The van der Waals surface area contributed by atoms with Crippen molar-refractivity contribution in [3.63, 3.8) is 0 Å². The summed E-state index contributed by atoms with van der Waals surface area (Å²) in [4.78, 5) is 2.24. The van der Waals surface area contributed by atoms with E-state index in [-0.39, 0.29) is 6.04 Å². The summed E-state index contributed by atoms with van der Waals surface area (Å²) >= 11 is 0. The summed E-state index contributed by atoms with van der Waals surface area (Å²) in [6.07, 6.45) is 7.76. The standard InChI is InChI=1S/C10H19N/c1-6-8-10(4)11(5)9(3)7-2/h2,9-10H,6,8H2,1,3-5H3. The SMILES string of the molecule is C#CC(C)N(C)C(C)CCC. The molecule has 0 radical (unpaired) electrons. The van der Waals surface area contributed by atoms with Gasteiger partial charge in [-0.1, -0.05) is 19.3 Å². The van der Waals surface area contributed by atoms with Crippen LogP contribution in [0.4, 0.5) is 0 Å². The zero-order valence-corrected chi connectivity index (χ0v) is 8.09. The van der Waals surface area contributed by atoms with Crippen molar-refractivity contribution in [3.05, 3.63) is 0 Å². The Hall–Kier alpha value is -0.480. The molecule has 64 valence electrons. The largest absolute Gasteiger partial charge is 0.290 e. The van der Waals surface area contributed by atoms with Gasteiger partial charge in [-0.15, -0.1) is 6.42 Å². The maximum atomic E-state index is 5.32. The predicted octanol–water partition coefficient (Wildman–Crippen LogP) is 2.13. The maximum absolute atomic E-state index is 5.32. The molecule has 0 aromatic rings. The number of hydrogen-bond donors (Lipinski definition) is 0. The lowest BCUT2D eigenvalue weighted by Gasteiger charge is -2.27. The zero-order chi connectivity index (χ0) is 8.85. The summed E-state index contributed by atoms with van der Waals surface area (Å²) in [5, 5.41) is 0. The van der Waals surface area contributed by atoms with Crippen LogP contribution in [0.1, 0.15) is 33.6 Å². The first-order chi connectivity index (χ1) is 5.13. The summed E-state index contributed by atoms with van der Waals surface area (Å²) in [6, 6.07) is 0.864. The summed E-state index contributed by atoms with van der Waals surface area (Å²) in [6.45, 7) is 6.48. The first-order valence-electron chi connectivity index (χ1n) is 4.31. The van der Waals surface area contributed by atoms with Crippen molar-refractivity contribution in [2.24, 2.45) is 0 Å². The molecule has 2 unspecified atom stereocenters. The van der Waals surface area contributed by atoms with Gasteiger partial charge in [0.2, 0.25) is 0 Å². The van der Waals surface area contributed by atoms with Crippen molar-refractivity contribution in [1.82, 2.24) is 4.90 Å². The van der Waals surface area contributed by atoms with Gasteiger partial charge in [0.25, 0.3) is 0 Å². The second-order valence-electron chi connectivity index (χ2n) is 3.15. The molecule has 0 aliphatic heterocycles. The van der Waals surface area contributed by atoms with Gasteiger partial charge in [0.05, 0.1) is 6.04 Å². The lowest BCUT2D eigenvalue weighted by molar-refractivity contribution is 0.221. The lowest BCUT2D eigenvalue weighted by Crippen LogP contribution is -2.35. The Morgan fingerprint density at radius 2 is 2.00 bits per heavy atom. The Morgan fingerprint density at radius 3 is 2.36 bits per heavy atom. The number of nitrogens with zero attached hydrogens (tertiary/aromatic N) is 1. The van der Waals surface area contributed by atoms with Gasteiger partial charge in [0, 0.05) is 6.04 Å². The molecule has 0 aromatic heterocycles. The van der Waals surface area contributed by atoms with Crippen LogP contribution >= 0.6 is 0 Å². The van der Waals surface area contributed by atoms with Crippen molar-refractivity contribution in [1.29, 1.82) is 0 Å². The van der Waals surface area contributed by atoms with E-state index in [1.165, 1.54) is 12.8 Å². The highest BCUT2D eigenvalue weighted by atomic mass is 15.1. The van der Waals surface area contributed by atoms with Gasteiger partial charge in [-0.25, -0.2) is 0 Å². The van der Waals surface area contributed by atoms with Crippen molar-refractivity contribution in [3.8, 4) is 12.3 Å². The number of rotatable bonds is 4. The highest BCUT2D eigenvalue weighted by molar-refractivity contribution is 4.97. The summed E-state index contributed by atoms with van der Waals surface area (Å²) < 4.78 is 0. The molecule has 0 aliphatic carbocycles. The van der Waals surface area contributed by atoms with Crippen LogP contribution in [0, 0.1) is 12.3 Å². The molecule has 0 aromatic carbocycles. The molecule has 0 amide bonds. The minimum absolute atomic E-state index is 0.261. The normalized spacial score (nSPS) is 16.0. The van der Waals surface area contributed by atoms with Gasteiger partial charge < -0.3 is 0 Å². The molecule has 0 spiro atoms. The van der Waals surface area contributed by atoms with Crippen molar-refractivity contribution >= 4 is 0 Å². The average molecular weight is 153 g/mol. The Morgan fingerprint density at radius 1 is 1.45 bits per heavy atom. The molecule has 0 N–H and O–H groups in total. The molecule has 0 heterocycles. The van der Waals surface area contributed by atoms with Crippen LogP contribution in [0.2, 0.25) is 0 Å². The van der Waals surface area contributed by atoms with Crippen molar-refractivity contribution in [2.75, 3.05) is 7.05 Å². The minimum Gasteiger partial charge on any atom is -0.290 e. The molecule has 0 fully saturated rings. The molecule has 1 heteroatoms. The van der Waals surface area contributed by atoms with Gasteiger partial charge in [0.15, 0.2) is 0 Å². The van der Waals surface area contributed by atoms with Gasteiger partial charge in [-0.3, -0.25) is 4.90 Å². The Bertz CT molecular complexity index is 134. The van der Waals surface area contributed by atoms with Crippen molar-refractivity contribution in [2.45, 2.75) is 45.7 Å². The Balaban J connectivity index is 3.82. The molecule has 0 aliphatic rings. The molecule has 0 bridgehead atoms. The van der Waals surface area contributed by atoms with E-state index in [4.69, 9.17) is 6.42 Å². The summed E-state index contributed by atoms with van der Waals surface area (Å²) in [7, 11) is 2.09. The van der Waals surface area contributed by atoms with E-state index in [0.717, 1.165) is 0 Å². The topological polar surface area (TPSA) is 3.24 Å². The smallest absolute Gasteiger partial charge is 0.0683 e. The van der Waals surface area contributed by atoms with E-state index < -0.39 is 0 Å². The van der Waals surface area contributed by atoms with Gasteiger partial charge in [0.1, 0.15) is 0 Å². The molecular weight excluding hydrogens is 134 g/mol. The highest BCUT2D eigenvalue weighted by Crippen LogP contribution is 2.06. The fourth-order valence-corrected chi connectivity index (χ4v) is 1.12. The van der Waals surface area contributed by atoms with Crippen LogP contribution in [0.5, 0.6) is 0 Å². The van der Waals surface area contributed by atoms with E-state index in [9.17, 15) is 0 Å². The maximum Gasteiger partial charge on any atom is 0.0683 e. The summed E-state index contributed by atoms with van der Waals surface area (Å²) in [5.41, 5.74) is 0. The van der Waals surface area contributed by atoms with Crippen LogP contribution in [0.15, 0.2) is 0 Å². The zero-order valence-electron chi connectivity index (χ0n) is 8.09. The van der Waals surface area contributed by atoms with E-state index in [1.54, 1.807) is 0 Å². The first-order valence-corrected chi connectivity index (χ1v) is 4.31. The molecule has 0 rings (SSSR count). The number of hydrogen-bond acceptors (Lipinski definition) is 1. The van der Waals surface area contributed by atoms with Crippen molar-refractivity contribution < 1.29 is 0 Å². The lowest BCUT2D eigenvalue weighted by atomic mass is 10.1. The van der Waals surface area contributed by atoms with Gasteiger partial charge in [-0.05, 0) is 27.3 Å². The third-order valence-electron chi connectivity index (χ3n) is 2.25. The minimum atomic E-state index is 0.261. The van der Waals surface area contributed by atoms with Crippen LogP contribution in [0.3, 0.4) is 0 Å². The first kappa shape index (κ1) is 10.5. The molecular formula is C10H19N. The van der Waals surface area contributed by atoms with Crippen LogP contribution in [0.25, 0.3) is 0 Å². The third-order valence-corrected chi connectivity index (χ3v) is 2.25. The van der Waals surface area contributed by atoms with E-state index in [2.05, 4.69) is 38.6 Å². The fourth-order valence-electron chi connectivity index (χ4n) is 1.12.